The van der Waals surface area contributed by atoms with Crippen molar-refractivity contribution >= 4 is 0 Å². The molecule has 0 atom stereocenters. The molecule has 4 heteroatoms. The smallest absolute Gasteiger partial charge is 0.226 e. The summed E-state index contributed by atoms with van der Waals surface area (Å²) < 4.78 is 5.32. The molecule has 0 saturated carbocycles. The summed E-state index contributed by atoms with van der Waals surface area (Å²) in [7, 11) is 0. The molecule has 0 N–H and O–H groups in total. The third kappa shape index (κ3) is 6.93. The molecule has 23 heavy (non-hydrogen) atoms. The fourth-order valence-electron chi connectivity index (χ4n) is 2.74. The lowest BCUT2D eigenvalue weighted by atomic mass is 10.1. The van der Waals surface area contributed by atoms with Crippen LogP contribution in [0.25, 0.3) is 11.4 Å². The molecule has 126 valence electrons. The molecule has 0 bridgehead atoms. The molecule has 2 aromatic heterocycles. The average Bonchev–Trinajstić information content (AvgIpc) is 3.06. The first kappa shape index (κ1) is 17.6. The summed E-state index contributed by atoms with van der Waals surface area (Å²) in [5, 5.41) is 4.04. The Labute approximate surface area is 139 Å². The van der Waals surface area contributed by atoms with E-state index < -0.39 is 0 Å². The fraction of sp³-hybridized carbons (Fsp3) is 0.632. The number of aryl methyl sites for hydroxylation is 1. The molecule has 0 aliphatic rings. The van der Waals surface area contributed by atoms with Gasteiger partial charge in [0.2, 0.25) is 11.7 Å². The van der Waals surface area contributed by atoms with Gasteiger partial charge >= 0.3 is 0 Å². The van der Waals surface area contributed by atoms with Gasteiger partial charge in [-0.2, -0.15) is 4.98 Å². The van der Waals surface area contributed by atoms with E-state index in [9.17, 15) is 0 Å². The lowest BCUT2D eigenvalue weighted by molar-refractivity contribution is 0.373. The first-order valence-electron chi connectivity index (χ1n) is 9.13. The minimum atomic E-state index is 0.662. The monoisotopic (exact) mass is 315 g/mol. The molecule has 0 aliphatic heterocycles. The number of hydrogen-bond donors (Lipinski definition) is 0. The van der Waals surface area contributed by atoms with Crippen LogP contribution in [0.3, 0.4) is 0 Å². The summed E-state index contributed by atoms with van der Waals surface area (Å²) in [6.45, 7) is 2.27. The maximum atomic E-state index is 5.32. The quantitative estimate of drug-likeness (QED) is 0.479. The van der Waals surface area contributed by atoms with E-state index in [4.69, 9.17) is 4.52 Å². The van der Waals surface area contributed by atoms with Crippen molar-refractivity contribution in [3.63, 3.8) is 0 Å². The SMILES string of the molecule is CCCCCCCCCCCCc1nc(-c2ccncc2)no1. The van der Waals surface area contributed by atoms with Crippen molar-refractivity contribution in [1.82, 2.24) is 15.1 Å². The van der Waals surface area contributed by atoms with Crippen LogP contribution in [0.1, 0.15) is 77.0 Å². The summed E-state index contributed by atoms with van der Waals surface area (Å²) in [5.41, 5.74) is 0.957. The summed E-state index contributed by atoms with van der Waals surface area (Å²) in [5.74, 6) is 1.41. The molecular weight excluding hydrogens is 286 g/mol. The van der Waals surface area contributed by atoms with Gasteiger partial charge in [0.25, 0.3) is 0 Å². The van der Waals surface area contributed by atoms with Crippen molar-refractivity contribution in [2.24, 2.45) is 0 Å². The van der Waals surface area contributed by atoms with Crippen molar-refractivity contribution in [1.29, 1.82) is 0 Å². The topological polar surface area (TPSA) is 51.8 Å². The Bertz CT molecular complexity index is 524. The third-order valence-corrected chi connectivity index (χ3v) is 4.15. The number of unbranched alkanes of at least 4 members (excludes halogenated alkanes) is 9. The zero-order valence-electron chi connectivity index (χ0n) is 14.3. The predicted molar refractivity (Wildman–Crippen MR) is 93.1 cm³/mol. The van der Waals surface area contributed by atoms with Crippen molar-refractivity contribution in [3.8, 4) is 11.4 Å². The van der Waals surface area contributed by atoms with Crippen molar-refractivity contribution in [3.05, 3.63) is 30.4 Å². The second-order valence-electron chi connectivity index (χ2n) is 6.18. The number of rotatable bonds is 12. The van der Waals surface area contributed by atoms with E-state index in [1.807, 2.05) is 12.1 Å². The van der Waals surface area contributed by atoms with E-state index >= 15 is 0 Å². The van der Waals surface area contributed by atoms with Gasteiger partial charge in [-0.15, -0.1) is 0 Å². The summed E-state index contributed by atoms with van der Waals surface area (Å²) in [6, 6.07) is 3.80. The van der Waals surface area contributed by atoms with Gasteiger partial charge in [-0.25, -0.2) is 0 Å². The second-order valence-corrected chi connectivity index (χ2v) is 6.18. The van der Waals surface area contributed by atoms with Crippen LogP contribution in [-0.4, -0.2) is 15.1 Å². The maximum absolute atomic E-state index is 5.32. The lowest BCUT2D eigenvalue weighted by Gasteiger charge is -2.01. The second kappa shape index (κ2) is 10.9. The highest BCUT2D eigenvalue weighted by Gasteiger charge is 2.07. The number of pyridine rings is 1. The summed E-state index contributed by atoms with van der Waals surface area (Å²) in [6.07, 6.45) is 17.8. The predicted octanol–water partition coefficient (Wildman–Crippen LogP) is 5.60. The average molecular weight is 315 g/mol. The maximum Gasteiger partial charge on any atom is 0.226 e. The molecule has 4 nitrogen and oxygen atoms in total. The Hall–Kier alpha value is -1.71. The molecule has 2 rings (SSSR count). The van der Waals surface area contributed by atoms with Gasteiger partial charge < -0.3 is 4.52 Å². The van der Waals surface area contributed by atoms with Gasteiger partial charge in [0.1, 0.15) is 0 Å². The van der Waals surface area contributed by atoms with E-state index in [2.05, 4.69) is 22.0 Å². The van der Waals surface area contributed by atoms with Gasteiger partial charge in [-0.1, -0.05) is 69.9 Å². The molecule has 0 aliphatic carbocycles. The molecule has 0 unspecified atom stereocenters. The Morgan fingerprint density at radius 2 is 1.43 bits per heavy atom. The van der Waals surface area contributed by atoms with Gasteiger partial charge in [-0.3, -0.25) is 4.98 Å². The van der Waals surface area contributed by atoms with Gasteiger partial charge in [0.15, 0.2) is 0 Å². The van der Waals surface area contributed by atoms with Crippen molar-refractivity contribution in [2.75, 3.05) is 0 Å². The zero-order valence-corrected chi connectivity index (χ0v) is 14.3. The van der Waals surface area contributed by atoms with Crippen LogP contribution in [0, 0.1) is 0 Å². The molecule has 0 fully saturated rings. The van der Waals surface area contributed by atoms with Crippen LogP contribution >= 0.6 is 0 Å². The Morgan fingerprint density at radius 3 is 2.09 bits per heavy atom. The molecule has 0 spiro atoms. The molecule has 2 heterocycles. The van der Waals surface area contributed by atoms with E-state index in [1.54, 1.807) is 12.4 Å². The molecule has 2 aromatic rings. The fourth-order valence-corrected chi connectivity index (χ4v) is 2.74. The highest BCUT2D eigenvalue weighted by atomic mass is 16.5. The van der Waals surface area contributed by atoms with Crippen LogP contribution in [0.2, 0.25) is 0 Å². The van der Waals surface area contributed by atoms with Gasteiger partial charge in [0.05, 0.1) is 0 Å². The molecule has 0 radical (unpaired) electrons. The summed E-state index contributed by atoms with van der Waals surface area (Å²) >= 11 is 0. The molecule has 0 saturated heterocycles. The minimum absolute atomic E-state index is 0.662. The normalized spacial score (nSPS) is 11.0. The van der Waals surface area contributed by atoms with E-state index in [1.165, 1.54) is 57.8 Å². The Morgan fingerprint density at radius 1 is 0.826 bits per heavy atom. The van der Waals surface area contributed by atoms with E-state index in [0.29, 0.717) is 5.82 Å². The van der Waals surface area contributed by atoms with Crippen LogP contribution in [0.15, 0.2) is 29.0 Å². The largest absolute Gasteiger partial charge is 0.339 e. The van der Waals surface area contributed by atoms with Gasteiger partial charge in [0, 0.05) is 24.4 Å². The molecular formula is C19H29N3O. The molecule has 0 aromatic carbocycles. The molecule has 0 amide bonds. The van der Waals surface area contributed by atoms with Crippen LogP contribution in [0.5, 0.6) is 0 Å². The lowest BCUT2D eigenvalue weighted by Crippen LogP contribution is -1.87. The van der Waals surface area contributed by atoms with Crippen molar-refractivity contribution in [2.45, 2.75) is 77.6 Å². The van der Waals surface area contributed by atoms with Crippen molar-refractivity contribution < 1.29 is 4.52 Å². The van der Waals surface area contributed by atoms with E-state index in [0.717, 1.165) is 24.3 Å². The number of nitrogens with zero attached hydrogens (tertiary/aromatic N) is 3. The minimum Gasteiger partial charge on any atom is -0.339 e. The van der Waals surface area contributed by atoms with Crippen LogP contribution in [0.4, 0.5) is 0 Å². The summed E-state index contributed by atoms with van der Waals surface area (Å²) in [4.78, 5) is 8.45. The Balaban J connectivity index is 1.53. The van der Waals surface area contributed by atoms with Gasteiger partial charge in [-0.05, 0) is 18.6 Å². The zero-order chi connectivity index (χ0) is 16.2. The number of aromatic nitrogens is 3. The van der Waals surface area contributed by atoms with Crippen LogP contribution in [-0.2, 0) is 6.42 Å². The Kier molecular flexibility index (Phi) is 8.38. The number of hydrogen-bond acceptors (Lipinski definition) is 4. The highest BCUT2D eigenvalue weighted by Crippen LogP contribution is 2.16. The first-order valence-corrected chi connectivity index (χ1v) is 9.13. The first-order chi connectivity index (χ1) is 11.4. The van der Waals surface area contributed by atoms with Crippen LogP contribution < -0.4 is 0 Å². The highest BCUT2D eigenvalue weighted by molar-refractivity contribution is 5.52. The third-order valence-electron chi connectivity index (χ3n) is 4.15. The standard InChI is InChI=1S/C19H29N3O/c1-2-3-4-5-6-7-8-9-10-11-12-18-21-19(22-23-18)17-13-15-20-16-14-17/h13-16H,2-12H2,1H3. The van der Waals surface area contributed by atoms with E-state index in [-0.39, 0.29) is 0 Å².